The third-order valence-corrected chi connectivity index (χ3v) is 8.18. The topological polar surface area (TPSA) is 95.9 Å². The van der Waals surface area contributed by atoms with Gasteiger partial charge in [-0.25, -0.2) is 18.4 Å². The van der Waals surface area contributed by atoms with E-state index in [1.807, 2.05) is 36.2 Å². The van der Waals surface area contributed by atoms with Crippen molar-refractivity contribution >= 4 is 38.6 Å². The Kier molecular flexibility index (Phi) is 6.20. The van der Waals surface area contributed by atoms with Crippen molar-refractivity contribution in [1.82, 2.24) is 14.3 Å². The van der Waals surface area contributed by atoms with Gasteiger partial charge in [0.15, 0.2) is 11.6 Å². The summed E-state index contributed by atoms with van der Waals surface area (Å²) >= 11 is 0. The molecule has 34 heavy (non-hydrogen) atoms. The summed E-state index contributed by atoms with van der Waals surface area (Å²) in [5.74, 6) is 1.27. The molecule has 1 saturated heterocycles. The van der Waals surface area contributed by atoms with Gasteiger partial charge >= 0.3 is 0 Å². The largest absolute Gasteiger partial charge is 0.379 e. The van der Waals surface area contributed by atoms with Gasteiger partial charge in [0.25, 0.3) is 0 Å². The molecule has 0 bridgehead atoms. The number of ether oxygens (including phenoxy) is 1. The standard InChI is InChI=1S/C24H27N5O4S/c1-27-12-13-29(24-23(27)25-20-4-2-3-5-21(20)26-24)22(30)11-8-18-6-9-19(10-7-18)34(31,32)28-14-16-33-17-15-28/h2-7,9-10H,8,11-17H2,1H3. The second kappa shape index (κ2) is 9.28. The van der Waals surface area contributed by atoms with Gasteiger partial charge in [0, 0.05) is 39.6 Å². The van der Waals surface area contributed by atoms with Gasteiger partial charge in [0.1, 0.15) is 0 Å². The van der Waals surface area contributed by atoms with Gasteiger partial charge in [-0.15, -0.1) is 0 Å². The maximum Gasteiger partial charge on any atom is 0.243 e. The van der Waals surface area contributed by atoms with Crippen molar-refractivity contribution in [2.24, 2.45) is 0 Å². The van der Waals surface area contributed by atoms with Crippen molar-refractivity contribution in [2.75, 3.05) is 56.2 Å². The summed E-state index contributed by atoms with van der Waals surface area (Å²) in [6.07, 6.45) is 0.812. The Balaban J connectivity index is 1.29. The van der Waals surface area contributed by atoms with Crippen LogP contribution in [-0.2, 0) is 26.0 Å². The number of hydrogen-bond acceptors (Lipinski definition) is 7. The number of nitrogens with zero attached hydrogens (tertiary/aromatic N) is 5. The molecule has 9 nitrogen and oxygen atoms in total. The fourth-order valence-corrected chi connectivity index (χ4v) is 5.68. The average Bonchev–Trinajstić information content (AvgIpc) is 2.87. The van der Waals surface area contributed by atoms with Crippen LogP contribution in [0.4, 0.5) is 11.6 Å². The molecule has 0 unspecified atom stereocenters. The predicted molar refractivity (Wildman–Crippen MR) is 130 cm³/mol. The van der Waals surface area contributed by atoms with Crippen LogP contribution in [-0.4, -0.2) is 75.0 Å². The van der Waals surface area contributed by atoms with Gasteiger partial charge in [-0.3, -0.25) is 9.69 Å². The molecule has 1 aromatic heterocycles. The van der Waals surface area contributed by atoms with E-state index in [1.54, 1.807) is 29.2 Å². The van der Waals surface area contributed by atoms with Gasteiger partial charge in [-0.05, 0) is 36.2 Å². The molecule has 2 aliphatic rings. The third kappa shape index (κ3) is 4.36. The molecule has 0 saturated carbocycles. The van der Waals surface area contributed by atoms with Crippen LogP contribution in [0.5, 0.6) is 0 Å². The number of para-hydroxylation sites is 2. The van der Waals surface area contributed by atoms with Crippen molar-refractivity contribution in [3.63, 3.8) is 0 Å². The Morgan fingerprint density at radius 1 is 0.912 bits per heavy atom. The van der Waals surface area contributed by atoms with Crippen LogP contribution in [0.2, 0.25) is 0 Å². The number of likely N-dealkylation sites (N-methyl/N-ethyl adjacent to an activating group) is 1. The number of rotatable bonds is 5. The van der Waals surface area contributed by atoms with E-state index in [0.717, 1.165) is 16.6 Å². The Bertz CT molecular complexity index is 1310. The van der Waals surface area contributed by atoms with Gasteiger partial charge in [-0.2, -0.15) is 4.31 Å². The summed E-state index contributed by atoms with van der Waals surface area (Å²) in [7, 11) is -1.57. The maximum absolute atomic E-state index is 13.1. The first-order valence-corrected chi connectivity index (χ1v) is 12.8. The lowest BCUT2D eigenvalue weighted by Crippen LogP contribution is -2.43. The van der Waals surface area contributed by atoms with Crippen LogP contribution in [0.3, 0.4) is 0 Å². The number of anilines is 2. The van der Waals surface area contributed by atoms with Gasteiger partial charge in [0.2, 0.25) is 15.9 Å². The molecule has 178 valence electrons. The Morgan fingerprint density at radius 3 is 2.24 bits per heavy atom. The minimum absolute atomic E-state index is 0.0241. The normalized spacial score (nSPS) is 17.1. The van der Waals surface area contributed by atoms with Crippen molar-refractivity contribution in [1.29, 1.82) is 0 Å². The highest BCUT2D eigenvalue weighted by Crippen LogP contribution is 2.31. The number of sulfonamides is 1. The number of hydrogen-bond donors (Lipinski definition) is 0. The molecule has 1 amide bonds. The number of carbonyl (C=O) groups is 1. The zero-order valence-electron chi connectivity index (χ0n) is 19.1. The molecule has 0 N–H and O–H groups in total. The van der Waals surface area contributed by atoms with E-state index < -0.39 is 10.0 Å². The number of benzene rings is 2. The van der Waals surface area contributed by atoms with E-state index in [4.69, 9.17) is 14.7 Å². The van der Waals surface area contributed by atoms with Crippen LogP contribution in [0.1, 0.15) is 12.0 Å². The number of carbonyl (C=O) groups excluding carboxylic acids is 1. The molecule has 0 aliphatic carbocycles. The molecule has 0 radical (unpaired) electrons. The smallest absolute Gasteiger partial charge is 0.243 e. The highest BCUT2D eigenvalue weighted by atomic mass is 32.2. The van der Waals surface area contributed by atoms with Crippen molar-refractivity contribution in [2.45, 2.75) is 17.7 Å². The molecule has 2 aromatic carbocycles. The predicted octanol–water partition coefficient (Wildman–Crippen LogP) is 2.07. The van der Waals surface area contributed by atoms with Crippen LogP contribution < -0.4 is 9.80 Å². The monoisotopic (exact) mass is 481 g/mol. The first kappa shape index (κ1) is 22.7. The summed E-state index contributed by atoms with van der Waals surface area (Å²) in [6, 6.07) is 14.4. The van der Waals surface area contributed by atoms with Gasteiger partial charge in [-0.1, -0.05) is 24.3 Å². The molecule has 10 heteroatoms. The molecule has 0 spiro atoms. The molecular weight excluding hydrogens is 454 g/mol. The third-order valence-electron chi connectivity index (χ3n) is 6.27. The summed E-state index contributed by atoms with van der Waals surface area (Å²) in [6.45, 7) is 2.78. The fourth-order valence-electron chi connectivity index (χ4n) is 4.27. The quantitative estimate of drug-likeness (QED) is 0.550. The molecule has 5 rings (SSSR count). The number of aryl methyl sites for hydroxylation is 1. The van der Waals surface area contributed by atoms with Gasteiger partial charge < -0.3 is 9.64 Å². The molecule has 3 heterocycles. The zero-order valence-corrected chi connectivity index (χ0v) is 19.9. The van der Waals surface area contributed by atoms with Crippen LogP contribution in [0.15, 0.2) is 53.4 Å². The highest BCUT2D eigenvalue weighted by Gasteiger charge is 2.29. The molecule has 1 fully saturated rings. The molecule has 3 aromatic rings. The lowest BCUT2D eigenvalue weighted by molar-refractivity contribution is -0.118. The van der Waals surface area contributed by atoms with Crippen molar-refractivity contribution in [3.8, 4) is 0 Å². The van der Waals surface area contributed by atoms with E-state index in [-0.39, 0.29) is 10.8 Å². The second-order valence-corrected chi connectivity index (χ2v) is 10.4. The van der Waals surface area contributed by atoms with E-state index >= 15 is 0 Å². The molecule has 2 aliphatic heterocycles. The number of amides is 1. The first-order chi connectivity index (χ1) is 16.4. The lowest BCUT2D eigenvalue weighted by Gasteiger charge is -2.33. The SMILES string of the molecule is CN1CCN(C(=O)CCc2ccc(S(=O)(=O)N3CCOCC3)cc2)c2nc3ccccc3nc21. The zero-order chi connectivity index (χ0) is 23.7. The first-order valence-electron chi connectivity index (χ1n) is 11.4. The lowest BCUT2D eigenvalue weighted by atomic mass is 10.1. The summed E-state index contributed by atoms with van der Waals surface area (Å²) < 4.78 is 32.3. The van der Waals surface area contributed by atoms with Gasteiger partial charge in [0.05, 0.1) is 29.1 Å². The fraction of sp³-hybridized carbons (Fsp3) is 0.375. The minimum Gasteiger partial charge on any atom is -0.379 e. The highest BCUT2D eigenvalue weighted by molar-refractivity contribution is 7.89. The van der Waals surface area contributed by atoms with Crippen LogP contribution in [0.25, 0.3) is 11.0 Å². The Labute approximate surface area is 199 Å². The number of fused-ring (bicyclic) bond motifs is 2. The minimum atomic E-state index is -3.53. The van der Waals surface area contributed by atoms with Crippen molar-refractivity contribution in [3.05, 3.63) is 54.1 Å². The summed E-state index contributed by atoms with van der Waals surface area (Å²) in [5, 5.41) is 0. The summed E-state index contributed by atoms with van der Waals surface area (Å²) in [5.41, 5.74) is 2.47. The Morgan fingerprint density at radius 2 is 1.56 bits per heavy atom. The molecular formula is C24H27N5O4S. The number of morpholine rings is 1. The second-order valence-electron chi connectivity index (χ2n) is 8.49. The molecule has 0 atom stereocenters. The van der Waals surface area contributed by atoms with E-state index in [1.165, 1.54) is 4.31 Å². The van der Waals surface area contributed by atoms with Crippen LogP contribution in [0, 0.1) is 0 Å². The van der Waals surface area contributed by atoms with Crippen molar-refractivity contribution < 1.29 is 17.9 Å². The van der Waals surface area contributed by atoms with E-state index in [2.05, 4.69) is 0 Å². The number of aromatic nitrogens is 2. The Hall–Kier alpha value is -3.08. The van der Waals surface area contributed by atoms with Crippen LogP contribution >= 0.6 is 0 Å². The average molecular weight is 482 g/mol. The summed E-state index contributed by atoms with van der Waals surface area (Å²) in [4.78, 5) is 26.6. The maximum atomic E-state index is 13.1. The van der Waals surface area contributed by atoms with E-state index in [9.17, 15) is 13.2 Å². The van der Waals surface area contributed by atoms with E-state index in [0.29, 0.717) is 63.9 Å².